The third-order valence-electron chi connectivity index (χ3n) is 15.1. The zero-order valence-corrected chi connectivity index (χ0v) is 40.1. The minimum absolute atomic E-state index is 0. The summed E-state index contributed by atoms with van der Waals surface area (Å²) < 4.78 is -0.472. The van der Waals surface area contributed by atoms with Crippen molar-refractivity contribution in [1.29, 1.82) is 0 Å². The van der Waals surface area contributed by atoms with Gasteiger partial charge in [0.1, 0.15) is 75.4 Å². The standard InChI is InChI=1S/C26H32N4O6.C24H28N4O6.2CH4/c1-29(35)13-3-9-27(11-15-29)17-5-6-18(28-10-4-14-30(2,36)16-12-28)22-21(17)25(33)23-19(31)7-8-20(32)24(23)26(22)34;1-27(33)11-7-25(8-12-27)15-3-4-16(26-9-13-28(2,34)14-10-26)20-19(15)23(31)21-17(29)5-6-18(30)22(21)24(20)32;;/h5-8,35-36H,3-4,9-16H2,1-2H3;3-6,33-34H,7-14H2,1-2H3;2*1H4/p+4. The number of benzene rings is 4. The van der Waals surface area contributed by atoms with Crippen molar-refractivity contribution in [3.05, 3.63) is 93.0 Å². The summed E-state index contributed by atoms with van der Waals surface area (Å²) in [6.45, 7) is 8.04. The Bertz CT molecular complexity index is 2620. The Hall–Kier alpha value is -6.36. The van der Waals surface area contributed by atoms with Crippen LogP contribution in [0.4, 0.5) is 22.7 Å². The Morgan fingerprint density at radius 1 is 0.319 bits per heavy atom. The first-order chi connectivity index (χ1) is 33.0. The molecule has 10 rings (SSSR count). The van der Waals surface area contributed by atoms with Crippen molar-refractivity contribution in [2.24, 2.45) is 0 Å². The zero-order chi connectivity index (χ0) is 50.2. The molecular weight excluding hydrogens is 929 g/mol. The quantitative estimate of drug-likeness (QED) is 0.0901. The van der Waals surface area contributed by atoms with Crippen LogP contribution < -0.4 is 19.6 Å². The number of aromatic hydroxyl groups is 4. The van der Waals surface area contributed by atoms with Gasteiger partial charge >= 0.3 is 0 Å². The lowest BCUT2D eigenvalue weighted by molar-refractivity contribution is -1.09. The number of fused-ring (bicyclic) bond motifs is 4. The number of hydroxylamine groups is 12. The fraction of sp³-hybridized carbons (Fsp3) is 0.462. The second-order valence-corrected chi connectivity index (χ2v) is 20.5. The minimum Gasteiger partial charge on any atom is -0.507 e. The Morgan fingerprint density at radius 2 is 0.514 bits per heavy atom. The molecule has 0 amide bonds. The van der Waals surface area contributed by atoms with Gasteiger partial charge in [0.2, 0.25) is 23.1 Å². The van der Waals surface area contributed by atoms with Gasteiger partial charge in [0.15, 0.2) is 0 Å². The Morgan fingerprint density at radius 3 is 0.736 bits per heavy atom. The number of hydrogen-bond donors (Lipinski definition) is 8. The van der Waals surface area contributed by atoms with Crippen LogP contribution in [0.15, 0.2) is 48.5 Å². The van der Waals surface area contributed by atoms with E-state index in [0.717, 1.165) is 0 Å². The van der Waals surface area contributed by atoms with Gasteiger partial charge in [-0.2, -0.15) is 18.6 Å². The molecule has 2 unspecified atom stereocenters. The van der Waals surface area contributed by atoms with Gasteiger partial charge in [-0.15, -0.1) is 0 Å². The highest BCUT2D eigenvalue weighted by Crippen LogP contribution is 2.46. The predicted molar refractivity (Wildman–Crippen MR) is 269 cm³/mol. The van der Waals surface area contributed by atoms with E-state index in [2.05, 4.69) is 0 Å². The molecule has 0 spiro atoms. The van der Waals surface area contributed by atoms with Crippen molar-refractivity contribution in [2.75, 3.05) is 153 Å². The second kappa shape index (κ2) is 19.6. The number of anilines is 4. The molecular formula is C52H72N8O12+4. The van der Waals surface area contributed by atoms with E-state index in [1.165, 1.54) is 24.3 Å². The molecule has 2 atom stereocenters. The number of quaternary nitrogens is 4. The number of nitrogens with zero attached hydrogens (tertiary/aromatic N) is 8. The maximum Gasteiger partial charge on any atom is 0.200 e. The number of phenolic OH excluding ortho intramolecular Hbond substituents is 4. The highest BCUT2D eigenvalue weighted by molar-refractivity contribution is 6.34. The highest BCUT2D eigenvalue weighted by atomic mass is 16.6. The number of ketones is 4. The van der Waals surface area contributed by atoms with Crippen molar-refractivity contribution < 1.29 is 79.0 Å². The molecule has 4 aliphatic heterocycles. The summed E-state index contributed by atoms with van der Waals surface area (Å²) in [6.07, 6.45) is 1.40. The Kier molecular flexibility index (Phi) is 14.5. The summed E-state index contributed by atoms with van der Waals surface area (Å²) in [5, 5.41) is 83.7. The molecule has 72 heavy (non-hydrogen) atoms. The summed E-state index contributed by atoms with van der Waals surface area (Å²) in [6, 6.07) is 12.2. The van der Waals surface area contributed by atoms with Crippen molar-refractivity contribution in [3.8, 4) is 23.0 Å². The molecule has 4 aromatic rings. The third kappa shape index (κ3) is 9.80. The smallest absolute Gasteiger partial charge is 0.200 e. The number of hydrogen-bond acceptors (Lipinski definition) is 16. The summed E-state index contributed by atoms with van der Waals surface area (Å²) in [4.78, 5) is 63.5. The number of likely N-dealkylation sites (N-methyl/N-ethyl adjacent to an activating group) is 4. The topological polar surface area (TPSA) is 243 Å². The molecule has 388 valence electrons. The van der Waals surface area contributed by atoms with E-state index in [9.17, 15) is 60.4 Å². The van der Waals surface area contributed by atoms with Crippen molar-refractivity contribution >= 4 is 45.9 Å². The molecule has 2 aliphatic carbocycles. The van der Waals surface area contributed by atoms with Gasteiger partial charge in [-0.05, 0) is 48.5 Å². The SMILES string of the molecule is C.C.C[N+]1(O)CCCN(c2ccc(N3CCC[N+](C)(O)CC3)c3c2C(=O)c2c(O)ccc(O)c2C3=O)CC1.C[N+]1(O)CCN(c2ccc(N3CC[N+](C)(O)CC3)c3c2C(=O)c2c(O)ccc(O)c2C3=O)CC1. The summed E-state index contributed by atoms with van der Waals surface area (Å²) in [5.74, 6) is -3.43. The molecule has 0 radical (unpaired) electrons. The van der Waals surface area contributed by atoms with Crippen molar-refractivity contribution in [2.45, 2.75) is 27.7 Å². The number of rotatable bonds is 4. The normalized spacial score (nSPS) is 23.4. The first kappa shape index (κ1) is 53.4. The molecule has 20 heteroatoms. The lowest BCUT2D eigenvalue weighted by Crippen LogP contribution is -2.56. The lowest BCUT2D eigenvalue weighted by atomic mass is 9.80. The van der Waals surface area contributed by atoms with Gasteiger partial charge in [0, 0.05) is 48.7 Å². The summed E-state index contributed by atoms with van der Waals surface area (Å²) in [5.41, 5.74) is 2.42. The molecule has 4 saturated heterocycles. The number of piperazine rings is 2. The highest BCUT2D eigenvalue weighted by Gasteiger charge is 2.44. The number of phenols is 4. The molecule has 4 fully saturated rings. The second-order valence-electron chi connectivity index (χ2n) is 20.5. The molecule has 4 aromatic carbocycles. The maximum atomic E-state index is 13.9. The molecule has 6 aliphatic rings. The molecule has 20 nitrogen and oxygen atoms in total. The van der Waals surface area contributed by atoms with Gasteiger partial charge in [0.25, 0.3) is 0 Å². The van der Waals surface area contributed by atoms with Crippen LogP contribution in [0, 0.1) is 0 Å². The monoisotopic (exact) mass is 1000 g/mol. The zero-order valence-electron chi connectivity index (χ0n) is 40.1. The first-order valence-corrected chi connectivity index (χ1v) is 23.9. The fourth-order valence-corrected chi connectivity index (χ4v) is 10.8. The molecule has 0 bridgehead atoms. The Balaban J connectivity index is 0.000000206. The van der Waals surface area contributed by atoms with Gasteiger partial charge < -0.3 is 40.0 Å². The maximum absolute atomic E-state index is 13.9. The van der Waals surface area contributed by atoms with Crippen LogP contribution in [0.5, 0.6) is 23.0 Å². The van der Waals surface area contributed by atoms with E-state index in [1.807, 2.05) is 43.9 Å². The summed E-state index contributed by atoms with van der Waals surface area (Å²) in [7, 11) is 6.96. The van der Waals surface area contributed by atoms with E-state index >= 15 is 0 Å². The van der Waals surface area contributed by atoms with Gasteiger partial charge in [0.05, 0.1) is 112 Å². The van der Waals surface area contributed by atoms with Crippen LogP contribution in [0.3, 0.4) is 0 Å². The van der Waals surface area contributed by atoms with Crippen LogP contribution in [0.2, 0.25) is 0 Å². The predicted octanol–water partition coefficient (Wildman–Crippen LogP) is 4.42. The van der Waals surface area contributed by atoms with E-state index < -0.39 is 23.1 Å². The van der Waals surface area contributed by atoms with E-state index in [4.69, 9.17) is 0 Å². The average Bonchev–Trinajstić information content (AvgIpc) is 3.61. The number of carbonyl (C=O) groups excluding carboxylic acids is 4. The largest absolute Gasteiger partial charge is 0.507 e. The lowest BCUT2D eigenvalue weighted by Gasteiger charge is -2.40. The van der Waals surface area contributed by atoms with Gasteiger partial charge in [-0.25, -0.2) is 20.8 Å². The summed E-state index contributed by atoms with van der Waals surface area (Å²) >= 11 is 0. The molecule has 4 heterocycles. The van der Waals surface area contributed by atoms with Gasteiger partial charge in [-0.1, -0.05) is 14.9 Å². The van der Waals surface area contributed by atoms with Gasteiger partial charge in [-0.3, -0.25) is 19.2 Å². The molecule has 0 saturated carbocycles. The van der Waals surface area contributed by atoms with E-state index in [1.54, 1.807) is 28.2 Å². The molecule has 0 aromatic heterocycles. The van der Waals surface area contributed by atoms with Crippen LogP contribution in [-0.2, 0) is 0 Å². The van der Waals surface area contributed by atoms with Crippen LogP contribution in [0.25, 0.3) is 0 Å². The van der Waals surface area contributed by atoms with E-state index in [-0.39, 0.29) is 101 Å². The fourth-order valence-electron chi connectivity index (χ4n) is 10.8. The van der Waals surface area contributed by atoms with E-state index in [0.29, 0.717) is 140 Å². The average molecular weight is 1000 g/mol. The van der Waals surface area contributed by atoms with Crippen LogP contribution in [-0.4, -0.2) is 216 Å². The van der Waals surface area contributed by atoms with Crippen molar-refractivity contribution in [1.82, 2.24) is 0 Å². The Labute approximate surface area is 420 Å². The first-order valence-electron chi connectivity index (χ1n) is 23.9. The number of carbonyl (C=O) groups is 4. The van der Waals surface area contributed by atoms with Crippen molar-refractivity contribution in [3.63, 3.8) is 0 Å². The third-order valence-corrected chi connectivity index (χ3v) is 15.1. The van der Waals surface area contributed by atoms with Crippen LogP contribution >= 0.6 is 0 Å². The minimum atomic E-state index is -0.513. The molecule has 8 N–H and O–H groups in total. The van der Waals surface area contributed by atoms with Crippen LogP contribution in [0.1, 0.15) is 91.4 Å².